The minimum atomic E-state index is -0.801. The Morgan fingerprint density at radius 3 is 2.71 bits per heavy atom. The van der Waals surface area contributed by atoms with Gasteiger partial charge in [0.1, 0.15) is 12.1 Å². The Bertz CT molecular complexity index is 538. The lowest BCUT2D eigenvalue weighted by Gasteiger charge is -2.37. The van der Waals surface area contributed by atoms with Crippen molar-refractivity contribution in [2.24, 2.45) is 11.7 Å². The van der Waals surface area contributed by atoms with Gasteiger partial charge in [-0.1, -0.05) is 19.8 Å². The molecule has 7 nitrogen and oxygen atoms in total. The summed E-state index contributed by atoms with van der Waals surface area (Å²) in [6, 6.07) is -0.405. The summed E-state index contributed by atoms with van der Waals surface area (Å²) in [5, 5.41) is 2.89. The van der Waals surface area contributed by atoms with Gasteiger partial charge in [-0.2, -0.15) is 0 Å². The largest absolute Gasteiger partial charge is 0.337 e. The fourth-order valence-corrected chi connectivity index (χ4v) is 4.44. The fraction of sp³-hybridized carbons (Fsp3) is 0.824. The second-order valence-electron chi connectivity index (χ2n) is 7.41. The molecule has 1 aliphatic carbocycles. The number of hydrogen-bond acceptors (Lipinski definition) is 4. The van der Waals surface area contributed by atoms with E-state index >= 15 is 0 Å². The summed E-state index contributed by atoms with van der Waals surface area (Å²) in [6.45, 7) is 2.92. The van der Waals surface area contributed by atoms with Crippen LogP contribution in [0.15, 0.2) is 0 Å². The Morgan fingerprint density at radius 1 is 1.25 bits per heavy atom. The molecule has 3 atom stereocenters. The Balaban J connectivity index is 1.72. The van der Waals surface area contributed by atoms with Crippen LogP contribution in [0.25, 0.3) is 0 Å². The van der Waals surface area contributed by atoms with E-state index in [4.69, 9.17) is 5.73 Å². The number of nitrogens with one attached hydrogen (secondary N) is 1. The van der Waals surface area contributed by atoms with Crippen molar-refractivity contribution in [1.82, 2.24) is 15.1 Å². The number of likely N-dealkylation sites (tertiary alicyclic amines) is 1. The van der Waals surface area contributed by atoms with Crippen LogP contribution >= 0.6 is 0 Å². The third-order valence-corrected chi connectivity index (χ3v) is 6.01. The molecule has 1 spiro atoms. The summed E-state index contributed by atoms with van der Waals surface area (Å²) in [5.74, 6) is -0.293. The second kappa shape index (κ2) is 6.70. The van der Waals surface area contributed by atoms with Crippen molar-refractivity contribution >= 4 is 17.8 Å². The van der Waals surface area contributed by atoms with Gasteiger partial charge in [-0.25, -0.2) is 4.79 Å². The molecular weight excluding hydrogens is 308 g/mol. The van der Waals surface area contributed by atoms with E-state index in [0.717, 1.165) is 43.4 Å². The molecule has 3 unspecified atom stereocenters. The van der Waals surface area contributed by atoms with Crippen LogP contribution in [0, 0.1) is 5.92 Å². The van der Waals surface area contributed by atoms with Crippen LogP contribution in [0.3, 0.4) is 0 Å². The Kier molecular flexibility index (Phi) is 4.80. The van der Waals surface area contributed by atoms with E-state index in [0.29, 0.717) is 19.5 Å². The predicted molar refractivity (Wildman–Crippen MR) is 89.0 cm³/mol. The summed E-state index contributed by atoms with van der Waals surface area (Å²) in [7, 11) is 0. The molecule has 7 heteroatoms. The van der Waals surface area contributed by atoms with Crippen LogP contribution in [0.4, 0.5) is 4.79 Å². The molecular formula is C17H28N4O3. The average molecular weight is 336 g/mol. The Morgan fingerprint density at radius 2 is 2.00 bits per heavy atom. The van der Waals surface area contributed by atoms with Gasteiger partial charge in [-0.05, 0) is 38.0 Å². The minimum absolute atomic E-state index is 0.0228. The zero-order valence-corrected chi connectivity index (χ0v) is 14.4. The molecule has 3 aliphatic rings. The molecule has 2 aliphatic heterocycles. The Labute approximate surface area is 142 Å². The molecule has 2 saturated heterocycles. The van der Waals surface area contributed by atoms with Crippen LogP contribution in [-0.2, 0) is 9.59 Å². The summed E-state index contributed by atoms with van der Waals surface area (Å²) < 4.78 is 0. The summed E-state index contributed by atoms with van der Waals surface area (Å²) >= 11 is 0. The molecule has 3 N–H and O–H groups in total. The molecule has 0 aromatic rings. The quantitative estimate of drug-likeness (QED) is 0.746. The molecule has 3 fully saturated rings. The molecule has 4 amide bonds. The highest BCUT2D eigenvalue weighted by molar-refractivity contribution is 6.09. The minimum Gasteiger partial charge on any atom is -0.337 e. The summed E-state index contributed by atoms with van der Waals surface area (Å²) in [4.78, 5) is 40.8. The van der Waals surface area contributed by atoms with Gasteiger partial charge < -0.3 is 16.0 Å². The van der Waals surface area contributed by atoms with E-state index < -0.39 is 11.6 Å². The van der Waals surface area contributed by atoms with Crippen LogP contribution in [0.2, 0.25) is 0 Å². The molecule has 0 radical (unpaired) electrons. The van der Waals surface area contributed by atoms with E-state index in [1.807, 2.05) is 6.92 Å². The van der Waals surface area contributed by atoms with Crippen molar-refractivity contribution in [3.63, 3.8) is 0 Å². The topological polar surface area (TPSA) is 95.7 Å². The number of carbonyl (C=O) groups excluding carboxylic acids is 3. The fourth-order valence-electron chi connectivity index (χ4n) is 4.44. The molecule has 0 bridgehead atoms. The number of imide groups is 1. The SMILES string of the molecule is CC1CCCCC12NC(=O)N(CC(=O)N1CCCCC1CN)C2=O. The molecule has 0 aromatic heterocycles. The van der Waals surface area contributed by atoms with Crippen molar-refractivity contribution in [1.29, 1.82) is 0 Å². The number of amides is 4. The van der Waals surface area contributed by atoms with E-state index in [9.17, 15) is 14.4 Å². The first-order valence-corrected chi connectivity index (χ1v) is 9.13. The molecule has 3 rings (SSSR count). The standard InChI is InChI=1S/C17H28N4O3/c1-12-6-2-4-8-17(12)15(23)21(16(24)19-17)11-14(22)20-9-5-3-7-13(20)10-18/h12-13H,2-11,18H2,1H3,(H,19,24). The van der Waals surface area contributed by atoms with Gasteiger partial charge in [0, 0.05) is 19.1 Å². The molecule has 1 saturated carbocycles. The average Bonchev–Trinajstić information content (AvgIpc) is 2.82. The summed E-state index contributed by atoms with van der Waals surface area (Å²) in [6.07, 6.45) is 6.51. The van der Waals surface area contributed by atoms with E-state index in [-0.39, 0.29) is 30.3 Å². The maximum absolute atomic E-state index is 12.9. The lowest BCUT2D eigenvalue weighted by Crippen LogP contribution is -2.55. The molecule has 0 aromatic carbocycles. The normalized spacial score (nSPS) is 33.9. The van der Waals surface area contributed by atoms with Gasteiger partial charge in [-0.15, -0.1) is 0 Å². The van der Waals surface area contributed by atoms with Gasteiger partial charge in [0.2, 0.25) is 5.91 Å². The van der Waals surface area contributed by atoms with Crippen molar-refractivity contribution in [3.05, 3.63) is 0 Å². The maximum atomic E-state index is 12.9. The van der Waals surface area contributed by atoms with Crippen molar-refractivity contribution in [2.45, 2.75) is 63.5 Å². The van der Waals surface area contributed by atoms with Gasteiger partial charge in [-0.3, -0.25) is 14.5 Å². The van der Waals surface area contributed by atoms with Crippen LogP contribution in [0.1, 0.15) is 51.9 Å². The van der Waals surface area contributed by atoms with E-state index in [2.05, 4.69) is 5.32 Å². The molecule has 134 valence electrons. The van der Waals surface area contributed by atoms with Gasteiger partial charge >= 0.3 is 6.03 Å². The van der Waals surface area contributed by atoms with Gasteiger partial charge in [0.15, 0.2) is 0 Å². The number of urea groups is 1. The first-order chi connectivity index (χ1) is 11.5. The Hall–Kier alpha value is -1.63. The number of carbonyl (C=O) groups is 3. The highest BCUT2D eigenvalue weighted by atomic mass is 16.2. The van der Waals surface area contributed by atoms with Gasteiger partial charge in [0.05, 0.1) is 0 Å². The van der Waals surface area contributed by atoms with Crippen LogP contribution in [0.5, 0.6) is 0 Å². The highest BCUT2D eigenvalue weighted by Crippen LogP contribution is 2.38. The number of piperidine rings is 1. The molecule has 24 heavy (non-hydrogen) atoms. The number of hydrogen-bond donors (Lipinski definition) is 2. The van der Waals surface area contributed by atoms with Crippen LogP contribution < -0.4 is 11.1 Å². The monoisotopic (exact) mass is 336 g/mol. The first-order valence-electron chi connectivity index (χ1n) is 9.13. The maximum Gasteiger partial charge on any atom is 0.325 e. The van der Waals surface area contributed by atoms with Crippen molar-refractivity contribution < 1.29 is 14.4 Å². The predicted octanol–water partition coefficient (Wildman–Crippen LogP) is 0.827. The van der Waals surface area contributed by atoms with Crippen LogP contribution in [-0.4, -0.2) is 58.9 Å². The third-order valence-electron chi connectivity index (χ3n) is 6.01. The number of nitrogens with zero attached hydrogens (tertiary/aromatic N) is 2. The zero-order chi connectivity index (χ0) is 17.3. The van der Waals surface area contributed by atoms with Gasteiger partial charge in [0.25, 0.3) is 5.91 Å². The first kappa shape index (κ1) is 17.2. The third kappa shape index (κ3) is 2.79. The second-order valence-corrected chi connectivity index (χ2v) is 7.41. The number of rotatable bonds is 3. The lowest BCUT2D eigenvalue weighted by molar-refractivity contribution is -0.142. The van der Waals surface area contributed by atoms with Crippen molar-refractivity contribution in [3.8, 4) is 0 Å². The van der Waals surface area contributed by atoms with Crippen molar-refractivity contribution in [2.75, 3.05) is 19.6 Å². The molecule has 2 heterocycles. The highest BCUT2D eigenvalue weighted by Gasteiger charge is 2.55. The summed E-state index contributed by atoms with van der Waals surface area (Å²) in [5.41, 5.74) is 4.97. The zero-order valence-electron chi connectivity index (χ0n) is 14.4. The van der Waals surface area contributed by atoms with E-state index in [1.54, 1.807) is 4.90 Å². The number of nitrogens with two attached hydrogens (primary N) is 1. The lowest BCUT2D eigenvalue weighted by atomic mass is 9.73. The van der Waals surface area contributed by atoms with E-state index in [1.165, 1.54) is 0 Å². The smallest absolute Gasteiger partial charge is 0.325 e.